The molecule has 3 N–H and O–H groups in total. The minimum Gasteiger partial charge on any atom is -0.490 e. The molecule has 1 aliphatic rings. The smallest absolute Gasteiger partial charge is 0.339 e. The molecule has 0 heterocycles. The zero-order chi connectivity index (χ0) is 14.6. The Morgan fingerprint density at radius 1 is 1.45 bits per heavy atom. The average Bonchev–Trinajstić information content (AvgIpc) is 2.99. The molecule has 0 aromatic heterocycles. The number of aliphatic carboxylic acids is 1. The number of hydrogen-bond donors (Lipinski definition) is 3. The topological polar surface area (TPSA) is 78.8 Å². The number of ether oxygens (including phenoxy) is 1. The van der Waals surface area contributed by atoms with Gasteiger partial charge >= 0.3 is 5.97 Å². The molecule has 0 radical (unpaired) electrons. The van der Waals surface area contributed by atoms with Crippen molar-refractivity contribution in [1.82, 2.24) is 0 Å². The van der Waals surface area contributed by atoms with Gasteiger partial charge in [0.25, 0.3) is 0 Å². The first-order valence-electron chi connectivity index (χ1n) is 6.92. The molecule has 0 amide bonds. The number of benzene rings is 1. The van der Waals surface area contributed by atoms with Crippen molar-refractivity contribution in [2.24, 2.45) is 5.92 Å². The summed E-state index contributed by atoms with van der Waals surface area (Å²) in [6.07, 6.45) is 3.41. The molecule has 1 aromatic carbocycles. The molecular weight excluding hydrogens is 258 g/mol. The van der Waals surface area contributed by atoms with Crippen LogP contribution in [0.1, 0.15) is 25.7 Å². The van der Waals surface area contributed by atoms with Crippen LogP contribution in [0, 0.1) is 5.92 Å². The molecule has 2 rings (SSSR count). The summed E-state index contributed by atoms with van der Waals surface area (Å²) in [5.41, 5.74) is -0.922. The van der Waals surface area contributed by atoms with Gasteiger partial charge in [0.05, 0.1) is 0 Å². The molecule has 0 spiro atoms. The Morgan fingerprint density at radius 3 is 2.75 bits per heavy atom. The molecule has 1 saturated carbocycles. The first-order valence-corrected chi connectivity index (χ1v) is 6.92. The van der Waals surface area contributed by atoms with Crippen molar-refractivity contribution in [3.05, 3.63) is 24.3 Å². The number of anilines is 1. The lowest BCUT2D eigenvalue weighted by Crippen LogP contribution is -2.50. The largest absolute Gasteiger partial charge is 0.490 e. The van der Waals surface area contributed by atoms with Crippen molar-refractivity contribution in [1.29, 1.82) is 0 Å². The highest BCUT2D eigenvalue weighted by molar-refractivity contribution is 5.78. The zero-order valence-electron chi connectivity index (χ0n) is 11.6. The summed E-state index contributed by atoms with van der Waals surface area (Å²) in [6, 6.07) is 7.22. The van der Waals surface area contributed by atoms with Crippen LogP contribution in [0.5, 0.6) is 5.75 Å². The van der Waals surface area contributed by atoms with Gasteiger partial charge < -0.3 is 20.3 Å². The molecule has 1 aromatic rings. The molecule has 110 valence electrons. The number of rotatable bonds is 6. The van der Waals surface area contributed by atoms with Crippen LogP contribution in [0.2, 0.25) is 0 Å². The zero-order valence-corrected chi connectivity index (χ0v) is 11.6. The Morgan fingerprint density at radius 2 is 2.15 bits per heavy atom. The van der Waals surface area contributed by atoms with Gasteiger partial charge in [-0.15, -0.1) is 0 Å². The SMILES string of the molecule is CNc1cccc(OCC(O)(C(=O)O)C2CCCC2)c1. The highest BCUT2D eigenvalue weighted by Crippen LogP contribution is 2.35. The molecule has 1 unspecified atom stereocenters. The first-order chi connectivity index (χ1) is 9.56. The van der Waals surface area contributed by atoms with E-state index in [9.17, 15) is 15.0 Å². The predicted molar refractivity (Wildman–Crippen MR) is 76.0 cm³/mol. The number of carboxylic acid groups (broad SMARTS) is 1. The standard InChI is InChI=1S/C15H21NO4/c1-16-12-7-4-8-13(9-12)20-10-15(19,14(17)18)11-5-2-3-6-11/h4,7-9,11,16,19H,2-3,5-6,10H2,1H3,(H,17,18). The van der Waals surface area contributed by atoms with Crippen LogP contribution >= 0.6 is 0 Å². The normalized spacial score (nSPS) is 18.5. The van der Waals surface area contributed by atoms with Crippen LogP contribution in [0.25, 0.3) is 0 Å². The van der Waals surface area contributed by atoms with Crippen LogP contribution in [0.15, 0.2) is 24.3 Å². The van der Waals surface area contributed by atoms with Gasteiger partial charge in [-0.1, -0.05) is 18.9 Å². The molecule has 5 heteroatoms. The summed E-state index contributed by atoms with van der Waals surface area (Å²) in [4.78, 5) is 11.4. The van der Waals surface area contributed by atoms with Crippen molar-refractivity contribution in [2.75, 3.05) is 19.0 Å². The molecule has 0 bridgehead atoms. The van der Waals surface area contributed by atoms with Crippen LogP contribution in [-0.2, 0) is 4.79 Å². The van der Waals surface area contributed by atoms with Crippen molar-refractivity contribution in [3.8, 4) is 5.75 Å². The minimum absolute atomic E-state index is 0.222. The Labute approximate surface area is 118 Å². The van der Waals surface area contributed by atoms with E-state index >= 15 is 0 Å². The quantitative estimate of drug-likeness (QED) is 0.743. The summed E-state index contributed by atoms with van der Waals surface area (Å²) in [5.74, 6) is -0.879. The van der Waals surface area contributed by atoms with Gasteiger partial charge in [0, 0.05) is 24.7 Å². The second kappa shape index (κ2) is 6.13. The first kappa shape index (κ1) is 14.7. The summed E-state index contributed by atoms with van der Waals surface area (Å²) in [5, 5.41) is 22.7. The fourth-order valence-electron chi connectivity index (χ4n) is 2.69. The Hall–Kier alpha value is -1.75. The maximum absolute atomic E-state index is 11.4. The predicted octanol–water partition coefficient (Wildman–Crippen LogP) is 2.11. The number of hydrogen-bond acceptors (Lipinski definition) is 4. The van der Waals surface area contributed by atoms with E-state index in [0.717, 1.165) is 31.4 Å². The summed E-state index contributed by atoms with van der Waals surface area (Å²) >= 11 is 0. The minimum atomic E-state index is -1.80. The van der Waals surface area contributed by atoms with E-state index in [1.54, 1.807) is 19.2 Å². The van der Waals surface area contributed by atoms with Gasteiger partial charge in [-0.05, 0) is 25.0 Å². The van der Waals surface area contributed by atoms with E-state index in [2.05, 4.69) is 5.32 Å². The third-order valence-corrected chi connectivity index (χ3v) is 3.98. The van der Waals surface area contributed by atoms with Gasteiger partial charge in [-0.2, -0.15) is 0 Å². The van der Waals surface area contributed by atoms with E-state index in [1.165, 1.54) is 0 Å². The Balaban J connectivity index is 2.06. The molecule has 1 atom stereocenters. The van der Waals surface area contributed by atoms with Crippen LogP contribution in [0.4, 0.5) is 5.69 Å². The van der Waals surface area contributed by atoms with E-state index in [1.807, 2.05) is 12.1 Å². The van der Waals surface area contributed by atoms with Gasteiger partial charge in [-0.25, -0.2) is 4.79 Å². The maximum Gasteiger partial charge on any atom is 0.339 e. The summed E-state index contributed by atoms with van der Waals surface area (Å²) in [6.45, 7) is -0.222. The highest BCUT2D eigenvalue weighted by atomic mass is 16.5. The highest BCUT2D eigenvalue weighted by Gasteiger charge is 2.46. The second-order valence-electron chi connectivity index (χ2n) is 5.28. The summed E-state index contributed by atoms with van der Waals surface area (Å²) < 4.78 is 5.52. The molecular formula is C15H21NO4. The fourth-order valence-corrected chi connectivity index (χ4v) is 2.69. The third kappa shape index (κ3) is 3.04. The number of carboxylic acids is 1. The number of nitrogens with one attached hydrogen (secondary N) is 1. The van der Waals surface area contributed by atoms with Crippen LogP contribution in [0.3, 0.4) is 0 Å². The maximum atomic E-state index is 11.4. The van der Waals surface area contributed by atoms with Gasteiger partial charge in [0.1, 0.15) is 12.4 Å². The number of aliphatic hydroxyl groups is 1. The van der Waals surface area contributed by atoms with Crippen molar-refractivity contribution in [3.63, 3.8) is 0 Å². The van der Waals surface area contributed by atoms with Crippen molar-refractivity contribution < 1.29 is 19.7 Å². The lowest BCUT2D eigenvalue weighted by Gasteiger charge is -2.29. The Bertz CT molecular complexity index is 471. The van der Waals surface area contributed by atoms with Gasteiger partial charge in [0.2, 0.25) is 0 Å². The lowest BCUT2D eigenvalue weighted by molar-refractivity contribution is -0.169. The van der Waals surface area contributed by atoms with Gasteiger partial charge in [0.15, 0.2) is 5.60 Å². The molecule has 0 saturated heterocycles. The third-order valence-electron chi connectivity index (χ3n) is 3.98. The van der Waals surface area contributed by atoms with Crippen molar-refractivity contribution >= 4 is 11.7 Å². The molecule has 0 aliphatic heterocycles. The Kier molecular flexibility index (Phi) is 4.49. The second-order valence-corrected chi connectivity index (χ2v) is 5.28. The summed E-state index contributed by atoms with van der Waals surface area (Å²) in [7, 11) is 1.80. The van der Waals surface area contributed by atoms with E-state index in [0.29, 0.717) is 5.75 Å². The van der Waals surface area contributed by atoms with Crippen molar-refractivity contribution in [2.45, 2.75) is 31.3 Å². The van der Waals surface area contributed by atoms with E-state index < -0.39 is 11.6 Å². The van der Waals surface area contributed by atoms with Gasteiger partial charge in [-0.3, -0.25) is 0 Å². The number of carbonyl (C=O) groups is 1. The fraction of sp³-hybridized carbons (Fsp3) is 0.533. The van der Waals surface area contributed by atoms with Crippen LogP contribution in [-0.4, -0.2) is 35.4 Å². The lowest BCUT2D eigenvalue weighted by atomic mass is 9.87. The molecule has 5 nitrogen and oxygen atoms in total. The monoisotopic (exact) mass is 279 g/mol. The van der Waals surface area contributed by atoms with Crippen LogP contribution < -0.4 is 10.1 Å². The average molecular weight is 279 g/mol. The molecule has 20 heavy (non-hydrogen) atoms. The molecule has 1 fully saturated rings. The van der Waals surface area contributed by atoms with E-state index in [-0.39, 0.29) is 12.5 Å². The molecule has 1 aliphatic carbocycles. The van der Waals surface area contributed by atoms with E-state index in [4.69, 9.17) is 4.74 Å².